The third kappa shape index (κ3) is 7.31. The Bertz CT molecular complexity index is 213. The van der Waals surface area contributed by atoms with Crippen LogP contribution in [-0.2, 0) is 4.79 Å². The van der Waals surface area contributed by atoms with Crippen LogP contribution in [0.15, 0.2) is 0 Å². The van der Waals surface area contributed by atoms with Gasteiger partial charge in [0.1, 0.15) is 0 Å². The van der Waals surface area contributed by atoms with E-state index in [0.29, 0.717) is 6.54 Å². The van der Waals surface area contributed by atoms with Crippen molar-refractivity contribution in [1.82, 2.24) is 20.4 Å². The molecule has 2 N–H and O–H groups in total. The summed E-state index contributed by atoms with van der Waals surface area (Å²) in [5, 5.41) is 6.31. The highest BCUT2D eigenvalue weighted by Crippen LogP contribution is 1.94. The molecule has 1 aliphatic rings. The van der Waals surface area contributed by atoms with Crippen LogP contribution < -0.4 is 10.6 Å². The lowest BCUT2D eigenvalue weighted by atomic mass is 10.3. The number of carbonyl (C=O) groups excluding carboxylic acids is 1. The second kappa shape index (κ2) is 8.44. The summed E-state index contributed by atoms with van der Waals surface area (Å²) in [4.78, 5) is 16.0. The van der Waals surface area contributed by atoms with Crippen LogP contribution in [0, 0.1) is 0 Å². The minimum absolute atomic E-state index is 0.158. The monoisotopic (exact) mass is 242 g/mol. The van der Waals surface area contributed by atoms with Crippen molar-refractivity contribution in [3.8, 4) is 0 Å². The number of hydrogen-bond acceptors (Lipinski definition) is 4. The maximum atomic E-state index is 11.7. The topological polar surface area (TPSA) is 47.6 Å². The van der Waals surface area contributed by atoms with Crippen LogP contribution in [0.1, 0.15) is 12.8 Å². The van der Waals surface area contributed by atoms with Crippen LogP contribution >= 0.6 is 0 Å². The van der Waals surface area contributed by atoms with Gasteiger partial charge in [-0.2, -0.15) is 0 Å². The summed E-state index contributed by atoms with van der Waals surface area (Å²) in [5.74, 6) is 0.158. The highest BCUT2D eigenvalue weighted by atomic mass is 16.2. The van der Waals surface area contributed by atoms with E-state index < -0.39 is 0 Å². The highest BCUT2D eigenvalue weighted by molar-refractivity contribution is 5.77. The minimum Gasteiger partial charge on any atom is -0.355 e. The quantitative estimate of drug-likeness (QED) is 0.608. The molecule has 17 heavy (non-hydrogen) atoms. The Morgan fingerprint density at radius 2 is 2.18 bits per heavy atom. The molecule has 1 saturated heterocycles. The molecule has 1 fully saturated rings. The summed E-state index contributed by atoms with van der Waals surface area (Å²) in [6.45, 7) is 6.42. The molecule has 1 amide bonds. The van der Waals surface area contributed by atoms with Crippen molar-refractivity contribution in [3.63, 3.8) is 0 Å². The second-order valence-corrected chi connectivity index (χ2v) is 4.89. The molecule has 100 valence electrons. The number of rotatable bonds is 6. The summed E-state index contributed by atoms with van der Waals surface area (Å²) < 4.78 is 0. The van der Waals surface area contributed by atoms with Crippen molar-refractivity contribution in [2.24, 2.45) is 0 Å². The van der Waals surface area contributed by atoms with Gasteiger partial charge in [-0.1, -0.05) is 0 Å². The zero-order valence-electron chi connectivity index (χ0n) is 11.2. The molecule has 5 nitrogen and oxygen atoms in total. The summed E-state index contributed by atoms with van der Waals surface area (Å²) >= 11 is 0. The Morgan fingerprint density at radius 3 is 2.94 bits per heavy atom. The van der Waals surface area contributed by atoms with Crippen LogP contribution in [0.25, 0.3) is 0 Å². The fraction of sp³-hybridized carbons (Fsp3) is 0.917. The molecule has 5 heteroatoms. The largest absolute Gasteiger partial charge is 0.355 e. The van der Waals surface area contributed by atoms with Crippen LogP contribution in [-0.4, -0.2) is 75.6 Å². The lowest BCUT2D eigenvalue weighted by molar-refractivity contribution is -0.122. The Hall–Kier alpha value is -0.650. The average molecular weight is 242 g/mol. The van der Waals surface area contributed by atoms with E-state index in [2.05, 4.69) is 20.4 Å². The van der Waals surface area contributed by atoms with E-state index in [-0.39, 0.29) is 5.91 Å². The normalized spacial score (nSPS) is 18.1. The fourth-order valence-electron chi connectivity index (χ4n) is 1.94. The van der Waals surface area contributed by atoms with Crippen LogP contribution in [0.3, 0.4) is 0 Å². The summed E-state index contributed by atoms with van der Waals surface area (Å²) in [5.41, 5.74) is 0. The third-order valence-electron chi connectivity index (χ3n) is 2.90. The van der Waals surface area contributed by atoms with Crippen molar-refractivity contribution >= 4 is 5.91 Å². The Balaban J connectivity index is 2.07. The van der Waals surface area contributed by atoms with Crippen molar-refractivity contribution in [2.75, 3.05) is 59.9 Å². The van der Waals surface area contributed by atoms with Gasteiger partial charge in [0.15, 0.2) is 0 Å². The molecule has 1 aliphatic heterocycles. The third-order valence-corrected chi connectivity index (χ3v) is 2.90. The van der Waals surface area contributed by atoms with Crippen LogP contribution in [0.5, 0.6) is 0 Å². The zero-order valence-corrected chi connectivity index (χ0v) is 11.2. The van der Waals surface area contributed by atoms with Gasteiger partial charge in [0, 0.05) is 19.6 Å². The molecule has 0 unspecified atom stereocenters. The molecular formula is C12H26N4O. The van der Waals surface area contributed by atoms with Crippen LogP contribution in [0.4, 0.5) is 0 Å². The first-order valence-electron chi connectivity index (χ1n) is 6.53. The van der Waals surface area contributed by atoms with E-state index in [1.165, 1.54) is 0 Å². The molecule has 1 rings (SSSR count). The average Bonchev–Trinajstić information content (AvgIpc) is 2.53. The van der Waals surface area contributed by atoms with E-state index in [1.54, 1.807) is 0 Å². The van der Waals surface area contributed by atoms with Crippen molar-refractivity contribution in [2.45, 2.75) is 12.8 Å². The molecule has 0 aromatic carbocycles. The minimum atomic E-state index is 0.158. The Morgan fingerprint density at radius 1 is 1.35 bits per heavy atom. The predicted molar refractivity (Wildman–Crippen MR) is 70.1 cm³/mol. The lowest BCUT2D eigenvalue weighted by Gasteiger charge is -2.18. The standard InChI is InChI=1S/C12H26N4O/c1-15(2)8-4-6-14-12(17)11-16-9-3-5-13-7-10-16/h13H,3-11H2,1-2H3,(H,14,17). The maximum absolute atomic E-state index is 11.7. The molecule has 0 aromatic rings. The number of nitrogens with one attached hydrogen (secondary N) is 2. The van der Waals surface area contributed by atoms with Gasteiger partial charge in [0.25, 0.3) is 0 Å². The Labute approximate surface area is 105 Å². The predicted octanol–water partition coefficient (Wildman–Crippen LogP) is -0.650. The van der Waals surface area contributed by atoms with Crippen molar-refractivity contribution < 1.29 is 4.79 Å². The molecule has 0 aliphatic carbocycles. The van der Waals surface area contributed by atoms with E-state index in [1.807, 2.05) is 14.1 Å². The van der Waals surface area contributed by atoms with Gasteiger partial charge >= 0.3 is 0 Å². The smallest absolute Gasteiger partial charge is 0.234 e. The molecule has 0 bridgehead atoms. The fourth-order valence-corrected chi connectivity index (χ4v) is 1.94. The maximum Gasteiger partial charge on any atom is 0.234 e. The van der Waals surface area contributed by atoms with Gasteiger partial charge in [-0.3, -0.25) is 9.69 Å². The molecule has 0 atom stereocenters. The van der Waals surface area contributed by atoms with E-state index in [4.69, 9.17) is 0 Å². The van der Waals surface area contributed by atoms with Crippen molar-refractivity contribution in [3.05, 3.63) is 0 Å². The van der Waals surface area contributed by atoms with Gasteiger partial charge in [0.2, 0.25) is 5.91 Å². The molecule has 0 spiro atoms. The SMILES string of the molecule is CN(C)CCCNC(=O)CN1CCCNCC1. The Kier molecular flexibility index (Phi) is 7.16. The van der Waals surface area contributed by atoms with Crippen molar-refractivity contribution in [1.29, 1.82) is 0 Å². The van der Waals surface area contributed by atoms with E-state index in [9.17, 15) is 4.79 Å². The van der Waals surface area contributed by atoms with Gasteiger partial charge in [0.05, 0.1) is 6.54 Å². The first kappa shape index (κ1) is 14.4. The highest BCUT2D eigenvalue weighted by Gasteiger charge is 2.11. The zero-order chi connectivity index (χ0) is 12.5. The van der Waals surface area contributed by atoms with Gasteiger partial charge in [-0.15, -0.1) is 0 Å². The number of carbonyl (C=O) groups is 1. The lowest BCUT2D eigenvalue weighted by Crippen LogP contribution is -2.39. The molecular weight excluding hydrogens is 216 g/mol. The first-order valence-corrected chi connectivity index (χ1v) is 6.53. The first-order chi connectivity index (χ1) is 8.18. The van der Waals surface area contributed by atoms with Gasteiger partial charge < -0.3 is 15.5 Å². The van der Waals surface area contributed by atoms with Crippen LogP contribution in [0.2, 0.25) is 0 Å². The molecule has 0 aromatic heterocycles. The van der Waals surface area contributed by atoms with Gasteiger partial charge in [-0.25, -0.2) is 0 Å². The molecule has 0 radical (unpaired) electrons. The molecule has 1 heterocycles. The van der Waals surface area contributed by atoms with E-state index >= 15 is 0 Å². The molecule has 0 saturated carbocycles. The van der Waals surface area contributed by atoms with E-state index in [0.717, 1.165) is 52.1 Å². The number of hydrogen-bond donors (Lipinski definition) is 2. The number of amides is 1. The summed E-state index contributed by atoms with van der Waals surface area (Å²) in [6, 6.07) is 0. The summed E-state index contributed by atoms with van der Waals surface area (Å²) in [6.07, 6.45) is 2.15. The van der Waals surface area contributed by atoms with Gasteiger partial charge in [-0.05, 0) is 46.6 Å². The summed E-state index contributed by atoms with van der Waals surface area (Å²) in [7, 11) is 4.10. The number of nitrogens with zero attached hydrogens (tertiary/aromatic N) is 2. The second-order valence-electron chi connectivity index (χ2n) is 4.89.